The van der Waals surface area contributed by atoms with Crippen LogP contribution in [0.1, 0.15) is 66.7 Å². The Morgan fingerprint density at radius 3 is 2.45 bits per heavy atom. The van der Waals surface area contributed by atoms with Crippen molar-refractivity contribution in [1.29, 1.82) is 0 Å². The molecule has 0 aliphatic carbocycles. The van der Waals surface area contributed by atoms with E-state index in [-0.39, 0.29) is 0 Å². The predicted octanol–water partition coefficient (Wildman–Crippen LogP) is 4.01. The van der Waals surface area contributed by atoms with Crippen LogP contribution in [0, 0.1) is 11.8 Å². The summed E-state index contributed by atoms with van der Waals surface area (Å²) in [7, 11) is 0. The van der Waals surface area contributed by atoms with Crippen LogP contribution in [0.5, 0.6) is 0 Å². The van der Waals surface area contributed by atoms with Crippen LogP contribution in [0.15, 0.2) is 0 Å². The zero-order valence-corrected chi connectivity index (χ0v) is 14.5. The predicted molar refractivity (Wildman–Crippen MR) is 88.1 cm³/mol. The van der Waals surface area contributed by atoms with E-state index in [0.29, 0.717) is 5.54 Å². The molecule has 0 unspecified atom stereocenters. The van der Waals surface area contributed by atoms with Gasteiger partial charge in [-0.1, -0.05) is 13.3 Å². The first kappa shape index (κ1) is 16.3. The Hall–Kier alpha value is -0.0800. The molecule has 2 aliphatic rings. The molecule has 2 heterocycles. The Bertz CT molecular complexity index is 298. The van der Waals surface area contributed by atoms with E-state index in [1.54, 1.807) is 0 Å². The third-order valence-electron chi connectivity index (χ3n) is 5.79. The fourth-order valence-electron chi connectivity index (χ4n) is 4.29. The second kappa shape index (κ2) is 6.79. The van der Waals surface area contributed by atoms with Crippen molar-refractivity contribution in [2.45, 2.75) is 78.3 Å². The fraction of sp³-hybridized carbons (Fsp3) is 1.00. The molecule has 0 aromatic rings. The SMILES string of the molecule is CC[C@@H]1CCN(C[C@@H]2CCCN(C(C)C)C2)C(C)(C)C1. The fourth-order valence-corrected chi connectivity index (χ4v) is 4.29. The van der Waals surface area contributed by atoms with Crippen LogP contribution in [0.2, 0.25) is 0 Å². The largest absolute Gasteiger partial charge is 0.301 e. The van der Waals surface area contributed by atoms with Gasteiger partial charge in [-0.3, -0.25) is 4.90 Å². The average Bonchev–Trinajstić information content (AvgIpc) is 2.41. The van der Waals surface area contributed by atoms with Gasteiger partial charge < -0.3 is 4.90 Å². The summed E-state index contributed by atoms with van der Waals surface area (Å²) in [5.41, 5.74) is 0.416. The van der Waals surface area contributed by atoms with Crippen LogP contribution in [0.4, 0.5) is 0 Å². The molecule has 2 aliphatic heterocycles. The van der Waals surface area contributed by atoms with Crippen molar-refractivity contribution in [1.82, 2.24) is 9.80 Å². The molecule has 118 valence electrons. The molecule has 0 bridgehead atoms. The summed E-state index contributed by atoms with van der Waals surface area (Å²) in [6.07, 6.45) is 7.01. The molecule has 0 aromatic carbocycles. The van der Waals surface area contributed by atoms with E-state index in [1.165, 1.54) is 58.3 Å². The molecule has 2 atom stereocenters. The molecular formula is C18H36N2. The number of rotatable bonds is 4. The molecule has 0 saturated carbocycles. The highest BCUT2D eigenvalue weighted by molar-refractivity contribution is 4.91. The average molecular weight is 280 g/mol. The number of hydrogen-bond donors (Lipinski definition) is 0. The highest BCUT2D eigenvalue weighted by Gasteiger charge is 2.35. The Kier molecular flexibility index (Phi) is 5.53. The van der Waals surface area contributed by atoms with Crippen molar-refractivity contribution < 1.29 is 0 Å². The number of piperidine rings is 2. The van der Waals surface area contributed by atoms with E-state index in [0.717, 1.165) is 17.9 Å². The molecule has 2 rings (SSSR count). The molecule has 20 heavy (non-hydrogen) atoms. The van der Waals surface area contributed by atoms with Crippen molar-refractivity contribution in [3.63, 3.8) is 0 Å². The summed E-state index contributed by atoms with van der Waals surface area (Å²) in [5.74, 6) is 1.85. The van der Waals surface area contributed by atoms with E-state index in [1.807, 2.05) is 0 Å². The lowest BCUT2D eigenvalue weighted by Crippen LogP contribution is -2.53. The topological polar surface area (TPSA) is 6.48 Å². The Labute approximate surface area is 126 Å². The Morgan fingerprint density at radius 1 is 1.10 bits per heavy atom. The molecule has 0 N–H and O–H groups in total. The second-order valence-electron chi connectivity index (χ2n) is 8.12. The molecule has 2 heteroatoms. The van der Waals surface area contributed by atoms with Crippen LogP contribution in [-0.2, 0) is 0 Å². The Morgan fingerprint density at radius 2 is 1.85 bits per heavy atom. The molecule has 2 nitrogen and oxygen atoms in total. The lowest BCUT2D eigenvalue weighted by atomic mass is 9.80. The van der Waals surface area contributed by atoms with Gasteiger partial charge >= 0.3 is 0 Å². The zero-order chi connectivity index (χ0) is 14.8. The van der Waals surface area contributed by atoms with Crippen molar-refractivity contribution in [2.24, 2.45) is 11.8 Å². The highest BCUT2D eigenvalue weighted by atomic mass is 15.2. The van der Waals surface area contributed by atoms with Crippen molar-refractivity contribution >= 4 is 0 Å². The second-order valence-corrected chi connectivity index (χ2v) is 8.12. The lowest BCUT2D eigenvalue weighted by molar-refractivity contribution is 0.0157. The van der Waals surface area contributed by atoms with Crippen LogP contribution in [0.25, 0.3) is 0 Å². The van der Waals surface area contributed by atoms with E-state index in [2.05, 4.69) is 44.4 Å². The van der Waals surface area contributed by atoms with Crippen molar-refractivity contribution in [3.05, 3.63) is 0 Å². The summed E-state index contributed by atoms with van der Waals surface area (Å²) in [6, 6.07) is 0.719. The number of likely N-dealkylation sites (tertiary alicyclic amines) is 2. The minimum Gasteiger partial charge on any atom is -0.301 e. The minimum atomic E-state index is 0.416. The van der Waals surface area contributed by atoms with Crippen LogP contribution < -0.4 is 0 Å². The first-order chi connectivity index (χ1) is 9.42. The zero-order valence-electron chi connectivity index (χ0n) is 14.5. The van der Waals surface area contributed by atoms with Gasteiger partial charge in [-0.25, -0.2) is 0 Å². The van der Waals surface area contributed by atoms with Gasteiger partial charge in [0.2, 0.25) is 0 Å². The monoisotopic (exact) mass is 280 g/mol. The third kappa shape index (κ3) is 3.98. The maximum Gasteiger partial charge on any atom is 0.0156 e. The lowest BCUT2D eigenvalue weighted by Gasteiger charge is -2.48. The normalized spacial score (nSPS) is 32.7. The summed E-state index contributed by atoms with van der Waals surface area (Å²) in [6.45, 7) is 17.3. The first-order valence-corrected chi connectivity index (χ1v) is 8.91. The van der Waals surface area contributed by atoms with Gasteiger partial charge in [0.25, 0.3) is 0 Å². The maximum atomic E-state index is 2.80. The summed E-state index contributed by atoms with van der Waals surface area (Å²) >= 11 is 0. The minimum absolute atomic E-state index is 0.416. The van der Waals surface area contributed by atoms with Crippen LogP contribution in [-0.4, -0.2) is 47.6 Å². The molecule has 0 amide bonds. The standard InChI is InChI=1S/C18H36N2/c1-6-16-9-11-20(18(4,5)12-16)14-17-8-7-10-19(13-17)15(2)3/h15-17H,6-14H2,1-5H3/t16-,17-/m1/s1. The highest BCUT2D eigenvalue weighted by Crippen LogP contribution is 2.34. The van der Waals surface area contributed by atoms with Gasteiger partial charge in [-0.05, 0) is 78.3 Å². The molecule has 0 aromatic heterocycles. The van der Waals surface area contributed by atoms with Gasteiger partial charge in [0.05, 0.1) is 0 Å². The number of hydrogen-bond acceptors (Lipinski definition) is 2. The molecule has 0 spiro atoms. The van der Waals surface area contributed by atoms with E-state index >= 15 is 0 Å². The molecule has 2 fully saturated rings. The third-order valence-corrected chi connectivity index (χ3v) is 5.79. The van der Waals surface area contributed by atoms with E-state index < -0.39 is 0 Å². The van der Waals surface area contributed by atoms with Crippen LogP contribution >= 0.6 is 0 Å². The van der Waals surface area contributed by atoms with Gasteiger partial charge in [0.15, 0.2) is 0 Å². The maximum absolute atomic E-state index is 2.80. The molecule has 0 radical (unpaired) electrons. The van der Waals surface area contributed by atoms with E-state index in [9.17, 15) is 0 Å². The number of nitrogens with zero attached hydrogens (tertiary/aromatic N) is 2. The van der Waals surface area contributed by atoms with Gasteiger partial charge in [0, 0.05) is 24.7 Å². The smallest absolute Gasteiger partial charge is 0.0156 e. The van der Waals surface area contributed by atoms with Gasteiger partial charge in [-0.2, -0.15) is 0 Å². The summed E-state index contributed by atoms with van der Waals surface area (Å²) < 4.78 is 0. The Balaban J connectivity index is 1.89. The molecule has 2 saturated heterocycles. The van der Waals surface area contributed by atoms with Crippen molar-refractivity contribution in [3.8, 4) is 0 Å². The van der Waals surface area contributed by atoms with E-state index in [4.69, 9.17) is 0 Å². The van der Waals surface area contributed by atoms with Gasteiger partial charge in [-0.15, -0.1) is 0 Å². The van der Waals surface area contributed by atoms with Crippen molar-refractivity contribution in [2.75, 3.05) is 26.2 Å². The molecular weight excluding hydrogens is 244 g/mol. The summed E-state index contributed by atoms with van der Waals surface area (Å²) in [4.78, 5) is 5.48. The summed E-state index contributed by atoms with van der Waals surface area (Å²) in [5, 5.41) is 0. The van der Waals surface area contributed by atoms with Gasteiger partial charge in [0.1, 0.15) is 0 Å². The quantitative estimate of drug-likeness (QED) is 0.768. The first-order valence-electron chi connectivity index (χ1n) is 8.91. The van der Waals surface area contributed by atoms with Crippen LogP contribution in [0.3, 0.4) is 0 Å².